The number of nitrogens with one attached hydrogen (secondary N) is 1. The molecular formula is C26H35N3O3. The molecule has 0 amide bonds. The van der Waals surface area contributed by atoms with Crippen LogP contribution < -0.4 is 14.8 Å². The van der Waals surface area contributed by atoms with Crippen LogP contribution in [0.5, 0.6) is 11.5 Å². The van der Waals surface area contributed by atoms with Crippen LogP contribution in [0.25, 0.3) is 0 Å². The van der Waals surface area contributed by atoms with Crippen LogP contribution in [0.2, 0.25) is 0 Å². The molecular weight excluding hydrogens is 402 g/mol. The normalized spacial score (nSPS) is 19.4. The SMILES string of the molecule is CN=C(NCC1(c2ccc(OC)cc2)CCOCC1)N1CCC(Oc2ccccc2)CC1. The maximum absolute atomic E-state index is 6.15. The highest BCUT2D eigenvalue weighted by Gasteiger charge is 2.35. The molecule has 0 bridgehead atoms. The average molecular weight is 438 g/mol. The number of para-hydroxylation sites is 1. The number of rotatable bonds is 6. The first kappa shape index (κ1) is 22.5. The van der Waals surface area contributed by atoms with Gasteiger partial charge in [-0.15, -0.1) is 0 Å². The molecule has 2 fully saturated rings. The van der Waals surface area contributed by atoms with Gasteiger partial charge in [0.2, 0.25) is 0 Å². The van der Waals surface area contributed by atoms with Crippen molar-refractivity contribution >= 4 is 5.96 Å². The van der Waals surface area contributed by atoms with E-state index in [1.807, 2.05) is 37.4 Å². The standard InChI is InChI=1S/C26H35N3O3/c1-27-25(29-16-12-24(13-17-29)32-23-6-4-3-5-7-23)28-20-26(14-18-31-19-15-26)21-8-10-22(30-2)11-9-21/h3-11,24H,12-20H2,1-2H3,(H,27,28). The van der Waals surface area contributed by atoms with Gasteiger partial charge in [0.15, 0.2) is 5.96 Å². The van der Waals surface area contributed by atoms with Gasteiger partial charge in [-0.25, -0.2) is 0 Å². The summed E-state index contributed by atoms with van der Waals surface area (Å²) in [6, 6.07) is 18.6. The summed E-state index contributed by atoms with van der Waals surface area (Å²) >= 11 is 0. The number of ether oxygens (including phenoxy) is 3. The minimum absolute atomic E-state index is 0.0369. The molecule has 2 aliphatic heterocycles. The first-order chi connectivity index (χ1) is 15.7. The van der Waals surface area contributed by atoms with Crippen molar-refractivity contribution in [3.8, 4) is 11.5 Å². The maximum Gasteiger partial charge on any atom is 0.193 e. The summed E-state index contributed by atoms with van der Waals surface area (Å²) in [6.45, 7) is 4.30. The van der Waals surface area contributed by atoms with E-state index in [-0.39, 0.29) is 11.5 Å². The third-order valence-electron chi connectivity index (χ3n) is 6.74. The monoisotopic (exact) mass is 437 g/mol. The number of hydrogen-bond acceptors (Lipinski definition) is 4. The smallest absolute Gasteiger partial charge is 0.193 e. The lowest BCUT2D eigenvalue weighted by Gasteiger charge is -2.40. The Balaban J connectivity index is 1.36. The molecule has 0 aliphatic carbocycles. The van der Waals surface area contributed by atoms with Crippen molar-refractivity contribution in [2.75, 3.05) is 47.0 Å². The molecule has 0 saturated carbocycles. The number of aliphatic imine (C=N–C) groups is 1. The van der Waals surface area contributed by atoms with Crippen molar-refractivity contribution in [2.45, 2.75) is 37.2 Å². The lowest BCUT2D eigenvalue weighted by atomic mass is 9.74. The van der Waals surface area contributed by atoms with Gasteiger partial charge in [0.05, 0.1) is 7.11 Å². The predicted molar refractivity (Wildman–Crippen MR) is 128 cm³/mol. The van der Waals surface area contributed by atoms with Gasteiger partial charge in [-0.2, -0.15) is 0 Å². The van der Waals surface area contributed by atoms with Gasteiger partial charge in [-0.1, -0.05) is 30.3 Å². The summed E-state index contributed by atoms with van der Waals surface area (Å²) in [7, 11) is 3.58. The largest absolute Gasteiger partial charge is 0.497 e. The van der Waals surface area contributed by atoms with Gasteiger partial charge < -0.3 is 24.4 Å². The van der Waals surface area contributed by atoms with Crippen molar-refractivity contribution in [3.05, 3.63) is 60.2 Å². The van der Waals surface area contributed by atoms with Crippen LogP contribution in [0.15, 0.2) is 59.6 Å². The molecule has 2 aliphatic rings. The predicted octanol–water partition coefficient (Wildman–Crippen LogP) is 3.86. The van der Waals surface area contributed by atoms with E-state index < -0.39 is 0 Å². The molecule has 1 N–H and O–H groups in total. The third-order valence-corrected chi connectivity index (χ3v) is 6.74. The van der Waals surface area contributed by atoms with Crippen molar-refractivity contribution in [3.63, 3.8) is 0 Å². The Labute approximate surface area is 191 Å². The Morgan fingerprint density at radius 3 is 2.34 bits per heavy atom. The number of guanidine groups is 1. The summed E-state index contributed by atoms with van der Waals surface area (Å²) in [5.41, 5.74) is 1.37. The van der Waals surface area contributed by atoms with Gasteiger partial charge in [-0.3, -0.25) is 4.99 Å². The van der Waals surface area contributed by atoms with Crippen molar-refractivity contribution in [1.82, 2.24) is 10.2 Å². The lowest BCUT2D eigenvalue weighted by Crippen LogP contribution is -2.51. The van der Waals surface area contributed by atoms with E-state index in [1.54, 1.807) is 7.11 Å². The van der Waals surface area contributed by atoms with E-state index >= 15 is 0 Å². The molecule has 172 valence electrons. The van der Waals surface area contributed by atoms with Crippen LogP contribution >= 0.6 is 0 Å². The molecule has 0 atom stereocenters. The van der Waals surface area contributed by atoms with E-state index in [4.69, 9.17) is 14.2 Å². The van der Waals surface area contributed by atoms with Crippen LogP contribution in [0.1, 0.15) is 31.2 Å². The zero-order valence-corrected chi connectivity index (χ0v) is 19.3. The van der Waals surface area contributed by atoms with Crippen LogP contribution in [0.3, 0.4) is 0 Å². The highest BCUT2D eigenvalue weighted by atomic mass is 16.5. The van der Waals surface area contributed by atoms with E-state index in [9.17, 15) is 0 Å². The maximum atomic E-state index is 6.15. The van der Waals surface area contributed by atoms with Gasteiger partial charge in [-0.05, 0) is 42.7 Å². The quantitative estimate of drug-likeness (QED) is 0.549. The lowest BCUT2D eigenvalue weighted by molar-refractivity contribution is 0.0509. The van der Waals surface area contributed by atoms with Crippen LogP contribution in [-0.4, -0.2) is 64.0 Å². The molecule has 0 radical (unpaired) electrons. The summed E-state index contributed by atoms with van der Waals surface area (Å²) in [4.78, 5) is 6.95. The van der Waals surface area contributed by atoms with E-state index in [0.717, 1.165) is 76.0 Å². The molecule has 0 unspecified atom stereocenters. The summed E-state index contributed by atoms with van der Waals surface area (Å²) < 4.78 is 17.2. The molecule has 6 nitrogen and oxygen atoms in total. The number of piperidine rings is 1. The minimum Gasteiger partial charge on any atom is -0.497 e. The van der Waals surface area contributed by atoms with Crippen molar-refractivity contribution < 1.29 is 14.2 Å². The fourth-order valence-corrected chi connectivity index (χ4v) is 4.73. The molecule has 0 aromatic heterocycles. The topological polar surface area (TPSA) is 55.3 Å². The Morgan fingerprint density at radius 1 is 1.03 bits per heavy atom. The molecule has 2 aromatic carbocycles. The van der Waals surface area contributed by atoms with Crippen molar-refractivity contribution in [2.24, 2.45) is 4.99 Å². The number of benzene rings is 2. The fourth-order valence-electron chi connectivity index (χ4n) is 4.73. The summed E-state index contributed by atoms with van der Waals surface area (Å²) in [5, 5.41) is 3.69. The van der Waals surface area contributed by atoms with Gasteiger partial charge in [0, 0.05) is 58.2 Å². The minimum atomic E-state index is 0.0369. The highest BCUT2D eigenvalue weighted by Crippen LogP contribution is 2.35. The molecule has 2 heterocycles. The molecule has 2 aromatic rings. The first-order valence-electron chi connectivity index (χ1n) is 11.6. The van der Waals surface area contributed by atoms with E-state index in [1.165, 1.54) is 5.56 Å². The zero-order valence-electron chi connectivity index (χ0n) is 19.3. The highest BCUT2D eigenvalue weighted by molar-refractivity contribution is 5.80. The second-order valence-electron chi connectivity index (χ2n) is 8.64. The number of methoxy groups -OCH3 is 1. The van der Waals surface area contributed by atoms with Crippen LogP contribution in [-0.2, 0) is 10.2 Å². The number of likely N-dealkylation sites (tertiary alicyclic amines) is 1. The van der Waals surface area contributed by atoms with Crippen LogP contribution in [0.4, 0.5) is 0 Å². The zero-order chi connectivity index (χ0) is 22.2. The van der Waals surface area contributed by atoms with E-state index in [0.29, 0.717) is 0 Å². The Bertz CT molecular complexity index is 856. The number of hydrogen-bond donors (Lipinski definition) is 1. The number of nitrogens with zero attached hydrogens (tertiary/aromatic N) is 2. The van der Waals surface area contributed by atoms with E-state index in [2.05, 4.69) is 39.5 Å². The Morgan fingerprint density at radius 2 is 1.72 bits per heavy atom. The van der Waals surface area contributed by atoms with Crippen molar-refractivity contribution in [1.29, 1.82) is 0 Å². The first-order valence-corrected chi connectivity index (χ1v) is 11.6. The van der Waals surface area contributed by atoms with Gasteiger partial charge in [0.25, 0.3) is 0 Å². The Kier molecular flexibility index (Phi) is 7.53. The summed E-state index contributed by atoms with van der Waals surface area (Å²) in [5.74, 6) is 2.82. The second kappa shape index (κ2) is 10.7. The molecule has 4 rings (SSSR count). The van der Waals surface area contributed by atoms with Gasteiger partial charge >= 0.3 is 0 Å². The molecule has 32 heavy (non-hydrogen) atoms. The molecule has 6 heteroatoms. The second-order valence-corrected chi connectivity index (χ2v) is 8.64. The van der Waals surface area contributed by atoms with Gasteiger partial charge in [0.1, 0.15) is 17.6 Å². The fraction of sp³-hybridized carbons (Fsp3) is 0.500. The molecule has 2 saturated heterocycles. The third kappa shape index (κ3) is 5.36. The average Bonchev–Trinajstić information content (AvgIpc) is 2.86. The molecule has 0 spiro atoms. The van der Waals surface area contributed by atoms with Crippen LogP contribution in [0, 0.1) is 0 Å². The summed E-state index contributed by atoms with van der Waals surface area (Å²) in [6.07, 6.45) is 4.24. The Hall–Kier alpha value is -2.73.